The van der Waals surface area contributed by atoms with E-state index in [1.165, 1.54) is 0 Å². The van der Waals surface area contributed by atoms with Gasteiger partial charge in [0.05, 0.1) is 30.8 Å². The molecule has 0 spiro atoms. The molecule has 0 bridgehead atoms. The van der Waals surface area contributed by atoms with Crippen molar-refractivity contribution in [2.24, 2.45) is 29.6 Å². The van der Waals surface area contributed by atoms with Crippen LogP contribution in [-0.2, 0) is 14.3 Å². The number of rotatable bonds is 0. The molecule has 3 N–H and O–H groups in total. The summed E-state index contributed by atoms with van der Waals surface area (Å²) in [5.41, 5.74) is 1.15. The number of nitrogens with one attached hydrogen (secondary N) is 1. The van der Waals surface area contributed by atoms with Crippen molar-refractivity contribution in [3.05, 3.63) is 48.1 Å². The maximum absolute atomic E-state index is 12.7. The van der Waals surface area contributed by atoms with Crippen molar-refractivity contribution < 1.29 is 24.5 Å². The minimum absolute atomic E-state index is 0.0234. The van der Waals surface area contributed by atoms with Crippen LogP contribution in [0.15, 0.2) is 48.1 Å². The predicted octanol–water partition coefficient (Wildman–Crippen LogP) is 2.09. The zero-order valence-electron chi connectivity index (χ0n) is 18.2. The highest BCUT2D eigenvalue weighted by molar-refractivity contribution is 5.98. The number of hydrogen-bond donors (Lipinski definition) is 3. The Morgan fingerprint density at radius 1 is 1.03 bits per heavy atom. The Hall–Kier alpha value is -2.02. The molecule has 168 valence electrons. The molecule has 2 fully saturated rings. The first kappa shape index (κ1) is 22.2. The van der Waals surface area contributed by atoms with E-state index in [1.807, 2.05) is 31.2 Å². The lowest BCUT2D eigenvalue weighted by Crippen LogP contribution is -2.50. The fraction of sp³-hybridized carbons (Fsp3) is 0.600. The Bertz CT molecular complexity index is 828. The average molecular weight is 428 g/mol. The van der Waals surface area contributed by atoms with Crippen molar-refractivity contribution in [3.63, 3.8) is 0 Å². The van der Waals surface area contributed by atoms with Crippen LogP contribution in [0, 0.1) is 29.6 Å². The topological polar surface area (TPSA) is 95.9 Å². The van der Waals surface area contributed by atoms with Gasteiger partial charge in [-0.3, -0.25) is 9.59 Å². The van der Waals surface area contributed by atoms with Crippen LogP contribution in [0.3, 0.4) is 0 Å². The summed E-state index contributed by atoms with van der Waals surface area (Å²) in [5, 5.41) is 24.0. The van der Waals surface area contributed by atoms with Gasteiger partial charge in [-0.1, -0.05) is 55.0 Å². The zero-order valence-corrected chi connectivity index (χ0v) is 18.2. The second-order valence-electron chi connectivity index (χ2n) is 9.53. The van der Waals surface area contributed by atoms with Gasteiger partial charge in [-0.05, 0) is 12.8 Å². The lowest BCUT2D eigenvalue weighted by molar-refractivity contribution is -0.131. The molecule has 0 aromatic carbocycles. The highest BCUT2D eigenvalue weighted by atomic mass is 16.5. The standard InChI is InChI=1S/C25H33NO5/c1-14-6-4-3-5-7-15(2)17-8-9-18-19(28)12-20(29)25-24(18)23(17)21(31-25)10-16(27)11-22(30)26-13-14/h3-9,14,17-21,23-25,28-29H,10-13H2,1-2H3,(H,26,30)/t14-,17-,18+,19+,20-,21+,23+,24-,25-/m1/s1. The van der Waals surface area contributed by atoms with Crippen molar-refractivity contribution in [2.45, 2.75) is 57.5 Å². The van der Waals surface area contributed by atoms with E-state index in [9.17, 15) is 19.8 Å². The van der Waals surface area contributed by atoms with Crippen LogP contribution in [0.4, 0.5) is 0 Å². The molecule has 6 nitrogen and oxygen atoms in total. The first-order chi connectivity index (χ1) is 14.8. The van der Waals surface area contributed by atoms with Crippen LogP contribution < -0.4 is 5.32 Å². The van der Waals surface area contributed by atoms with E-state index in [1.54, 1.807) is 0 Å². The third kappa shape index (κ3) is 4.61. The number of ether oxygens (including phenoxy) is 1. The number of ketones is 1. The monoisotopic (exact) mass is 427 g/mol. The molecular formula is C25H33NO5. The van der Waals surface area contributed by atoms with Gasteiger partial charge in [0.1, 0.15) is 5.78 Å². The predicted molar refractivity (Wildman–Crippen MR) is 117 cm³/mol. The summed E-state index contributed by atoms with van der Waals surface area (Å²) in [7, 11) is 0. The lowest BCUT2D eigenvalue weighted by atomic mass is 9.60. The molecule has 4 aliphatic rings. The SMILES string of the molecule is CC1=CC=CC=C[C@@H](C)CNC(=O)CC(=O)C[C@@H]2O[C@H]3[C@@H]4[C@@H](C=C[C@H]1[C@H]42)[C@@H](O)C[C@H]3O. The normalized spacial score (nSPS) is 43.4. The minimum Gasteiger partial charge on any atom is -0.392 e. The van der Waals surface area contributed by atoms with Gasteiger partial charge >= 0.3 is 0 Å². The molecule has 0 unspecified atom stereocenters. The number of carbonyl (C=O) groups is 2. The molecule has 1 saturated heterocycles. The molecule has 2 aliphatic heterocycles. The smallest absolute Gasteiger partial charge is 0.227 e. The van der Waals surface area contributed by atoms with Crippen LogP contribution in [0.25, 0.3) is 0 Å². The number of Topliss-reactive ketones (excluding diaryl/α,β-unsaturated/α-hetero) is 1. The van der Waals surface area contributed by atoms with Gasteiger partial charge in [0.25, 0.3) is 0 Å². The first-order valence-electron chi connectivity index (χ1n) is 11.3. The van der Waals surface area contributed by atoms with Crippen LogP contribution in [0.5, 0.6) is 0 Å². The lowest BCUT2D eigenvalue weighted by Gasteiger charge is -2.44. The number of carbonyl (C=O) groups excluding carboxylic acids is 2. The van der Waals surface area contributed by atoms with Gasteiger partial charge < -0.3 is 20.3 Å². The second kappa shape index (κ2) is 9.23. The van der Waals surface area contributed by atoms with Crippen molar-refractivity contribution in [1.82, 2.24) is 5.32 Å². The molecule has 2 heterocycles. The van der Waals surface area contributed by atoms with E-state index in [2.05, 4.69) is 30.5 Å². The average Bonchev–Trinajstić information content (AvgIpc) is 3.09. The van der Waals surface area contributed by atoms with Crippen molar-refractivity contribution in [1.29, 1.82) is 0 Å². The van der Waals surface area contributed by atoms with Gasteiger partial charge in [0.2, 0.25) is 5.91 Å². The van der Waals surface area contributed by atoms with Gasteiger partial charge in [0, 0.05) is 43.1 Å². The number of aliphatic hydroxyl groups excluding tert-OH is 2. The first-order valence-corrected chi connectivity index (χ1v) is 11.3. The Morgan fingerprint density at radius 3 is 2.65 bits per heavy atom. The summed E-state index contributed by atoms with van der Waals surface area (Å²) in [6, 6.07) is 0. The van der Waals surface area contributed by atoms with Crippen molar-refractivity contribution in [2.75, 3.05) is 6.54 Å². The van der Waals surface area contributed by atoms with E-state index in [0.717, 1.165) is 5.57 Å². The number of amides is 1. The summed E-state index contributed by atoms with van der Waals surface area (Å²) in [6.45, 7) is 4.57. The summed E-state index contributed by atoms with van der Waals surface area (Å²) in [4.78, 5) is 25.0. The third-order valence-corrected chi connectivity index (χ3v) is 7.25. The highest BCUT2D eigenvalue weighted by Crippen LogP contribution is 2.53. The Labute approximate surface area is 183 Å². The fourth-order valence-electron chi connectivity index (χ4n) is 5.73. The molecule has 2 aliphatic carbocycles. The largest absolute Gasteiger partial charge is 0.392 e. The Kier molecular flexibility index (Phi) is 6.60. The summed E-state index contributed by atoms with van der Waals surface area (Å²) in [6.07, 6.45) is 12.4. The van der Waals surface area contributed by atoms with Crippen molar-refractivity contribution in [3.8, 4) is 0 Å². The van der Waals surface area contributed by atoms with Crippen LogP contribution in [-0.4, -0.2) is 52.9 Å². The Morgan fingerprint density at radius 2 is 1.84 bits per heavy atom. The van der Waals surface area contributed by atoms with Gasteiger partial charge in [-0.2, -0.15) is 0 Å². The fourth-order valence-corrected chi connectivity index (χ4v) is 5.73. The van der Waals surface area contributed by atoms with E-state index in [0.29, 0.717) is 6.54 Å². The number of aliphatic hydroxyl groups is 2. The van der Waals surface area contributed by atoms with Crippen LogP contribution >= 0.6 is 0 Å². The van der Waals surface area contributed by atoms with Gasteiger partial charge in [0.15, 0.2) is 0 Å². The molecule has 1 saturated carbocycles. The molecule has 6 heteroatoms. The van der Waals surface area contributed by atoms with Gasteiger partial charge in [-0.15, -0.1) is 0 Å². The second-order valence-corrected chi connectivity index (χ2v) is 9.53. The molecule has 9 atom stereocenters. The maximum atomic E-state index is 12.7. The molecule has 0 aromatic heterocycles. The third-order valence-electron chi connectivity index (χ3n) is 7.25. The van der Waals surface area contributed by atoms with Crippen molar-refractivity contribution >= 4 is 11.7 Å². The minimum atomic E-state index is -0.751. The highest BCUT2D eigenvalue weighted by Gasteiger charge is 2.58. The number of allylic oxidation sites excluding steroid dienone is 6. The van der Waals surface area contributed by atoms with Crippen LogP contribution in [0.1, 0.15) is 33.1 Å². The molecule has 31 heavy (non-hydrogen) atoms. The molecule has 1 amide bonds. The van der Waals surface area contributed by atoms with E-state index < -0.39 is 18.3 Å². The van der Waals surface area contributed by atoms with Gasteiger partial charge in [-0.25, -0.2) is 0 Å². The van der Waals surface area contributed by atoms with E-state index >= 15 is 0 Å². The summed E-state index contributed by atoms with van der Waals surface area (Å²) in [5.74, 6) is -0.367. The van der Waals surface area contributed by atoms with E-state index in [4.69, 9.17) is 4.74 Å². The molecular weight excluding hydrogens is 394 g/mol. The van der Waals surface area contributed by atoms with E-state index in [-0.39, 0.29) is 66.6 Å². The quantitative estimate of drug-likeness (QED) is 0.406. The zero-order chi connectivity index (χ0) is 22.1. The van der Waals surface area contributed by atoms with Crippen LogP contribution in [0.2, 0.25) is 0 Å². The molecule has 0 aromatic rings. The molecule has 0 radical (unpaired) electrons. The summed E-state index contributed by atoms with van der Waals surface area (Å²) >= 11 is 0. The maximum Gasteiger partial charge on any atom is 0.227 e. The number of hydrogen-bond acceptors (Lipinski definition) is 5. The summed E-state index contributed by atoms with van der Waals surface area (Å²) < 4.78 is 6.28. The Balaban J connectivity index is 1.68. The molecule has 4 rings (SSSR count).